The van der Waals surface area contributed by atoms with Crippen molar-refractivity contribution in [3.63, 3.8) is 0 Å². The molecule has 0 bridgehead atoms. The Morgan fingerprint density at radius 1 is 1.29 bits per heavy atom. The Morgan fingerprint density at radius 3 is 2.29 bits per heavy atom. The zero-order valence-electron chi connectivity index (χ0n) is 11.9. The van der Waals surface area contributed by atoms with Crippen molar-refractivity contribution in [3.05, 3.63) is 47.0 Å². The zero-order valence-corrected chi connectivity index (χ0v) is 12.7. The van der Waals surface area contributed by atoms with Crippen LogP contribution in [0.1, 0.15) is 32.3 Å². The molecule has 0 aliphatic carbocycles. The predicted octanol–water partition coefficient (Wildman–Crippen LogP) is 4.88. The van der Waals surface area contributed by atoms with E-state index < -0.39 is 29.2 Å². The number of hydrogen-bond acceptors (Lipinski definition) is 2. The quantitative estimate of drug-likeness (QED) is 0.586. The molecule has 0 aromatic heterocycles. The Balaban J connectivity index is 3.16. The molecule has 0 saturated carbocycles. The molecule has 0 amide bonds. The third kappa shape index (κ3) is 5.08. The lowest BCUT2D eigenvalue weighted by molar-refractivity contribution is -0.161. The summed E-state index contributed by atoms with van der Waals surface area (Å²) in [7, 11) is 0. The summed E-state index contributed by atoms with van der Waals surface area (Å²) in [4.78, 5) is 11.9. The Morgan fingerprint density at radius 2 is 1.86 bits per heavy atom. The van der Waals surface area contributed by atoms with E-state index in [1.54, 1.807) is 20.8 Å². The largest absolute Gasteiger partial charge is 0.457 e. The summed E-state index contributed by atoms with van der Waals surface area (Å²) in [6.45, 7) is 7.98. The number of esters is 1. The zero-order chi connectivity index (χ0) is 16.4. The van der Waals surface area contributed by atoms with Crippen LogP contribution >= 0.6 is 11.6 Å². The van der Waals surface area contributed by atoms with Crippen LogP contribution in [0, 0.1) is 0 Å². The first kappa shape index (κ1) is 17.6. The maximum Gasteiger partial charge on any atom is 0.399 e. The van der Waals surface area contributed by atoms with Gasteiger partial charge in [-0.25, -0.2) is 4.79 Å². The van der Waals surface area contributed by atoms with Crippen LogP contribution in [0.4, 0.5) is 13.2 Å². The van der Waals surface area contributed by atoms with Gasteiger partial charge in [0.25, 0.3) is 0 Å². The molecule has 0 saturated heterocycles. The molecule has 116 valence electrons. The molecule has 1 aromatic carbocycles. The highest BCUT2D eigenvalue weighted by atomic mass is 35.5. The minimum atomic E-state index is -4.67. The van der Waals surface area contributed by atoms with Gasteiger partial charge in [0.1, 0.15) is 11.5 Å². The van der Waals surface area contributed by atoms with Gasteiger partial charge in [0.05, 0.1) is 0 Å². The van der Waals surface area contributed by atoms with E-state index in [4.69, 9.17) is 16.3 Å². The Hall–Kier alpha value is -1.49. The van der Waals surface area contributed by atoms with E-state index in [2.05, 4.69) is 6.58 Å². The highest BCUT2D eigenvalue weighted by Crippen LogP contribution is 2.41. The van der Waals surface area contributed by atoms with Gasteiger partial charge in [-0.1, -0.05) is 30.3 Å². The molecule has 0 aliphatic rings. The van der Waals surface area contributed by atoms with Gasteiger partial charge in [-0.15, -0.1) is 0 Å². The van der Waals surface area contributed by atoms with Crippen LogP contribution in [0.3, 0.4) is 0 Å². The normalized spacial score (nSPS) is 13.7. The van der Waals surface area contributed by atoms with Crippen LogP contribution < -0.4 is 0 Å². The molecule has 1 rings (SSSR count). The molecule has 0 heterocycles. The molecule has 0 spiro atoms. The number of alkyl halides is 3. The smallest absolute Gasteiger partial charge is 0.399 e. The SMILES string of the molecule is C=C(C(=O)OC(C)(C)C)C(c1cccc(Cl)c1)C(F)(F)F. The van der Waals surface area contributed by atoms with Crippen molar-refractivity contribution in [2.75, 3.05) is 0 Å². The van der Waals surface area contributed by atoms with Crippen molar-refractivity contribution in [2.45, 2.75) is 38.5 Å². The lowest BCUT2D eigenvalue weighted by Gasteiger charge is -2.25. The Bertz CT molecular complexity index is 545. The third-order valence-electron chi connectivity index (χ3n) is 2.52. The molecule has 0 radical (unpaired) electrons. The van der Waals surface area contributed by atoms with Gasteiger partial charge in [0.2, 0.25) is 0 Å². The van der Waals surface area contributed by atoms with Gasteiger partial charge < -0.3 is 4.74 Å². The van der Waals surface area contributed by atoms with Crippen molar-refractivity contribution in [1.29, 1.82) is 0 Å². The molecule has 0 fully saturated rings. The van der Waals surface area contributed by atoms with Crippen molar-refractivity contribution < 1.29 is 22.7 Å². The van der Waals surface area contributed by atoms with Crippen LogP contribution in [0.25, 0.3) is 0 Å². The average Bonchev–Trinajstić information content (AvgIpc) is 2.24. The van der Waals surface area contributed by atoms with Gasteiger partial charge in [-0.3, -0.25) is 0 Å². The first-order chi connectivity index (χ1) is 9.42. The molecule has 1 atom stereocenters. The van der Waals surface area contributed by atoms with Crippen molar-refractivity contribution >= 4 is 17.6 Å². The summed E-state index contributed by atoms with van der Waals surface area (Å²) < 4.78 is 44.8. The van der Waals surface area contributed by atoms with Gasteiger partial charge in [-0.2, -0.15) is 13.2 Å². The minimum absolute atomic E-state index is 0.147. The van der Waals surface area contributed by atoms with E-state index in [9.17, 15) is 18.0 Å². The van der Waals surface area contributed by atoms with Gasteiger partial charge in [0, 0.05) is 10.6 Å². The number of rotatable bonds is 3. The second kappa shape index (κ2) is 6.10. The van der Waals surface area contributed by atoms with Gasteiger partial charge >= 0.3 is 12.1 Å². The van der Waals surface area contributed by atoms with E-state index in [-0.39, 0.29) is 10.6 Å². The summed E-state index contributed by atoms with van der Waals surface area (Å²) >= 11 is 5.72. The first-order valence-electron chi connectivity index (χ1n) is 6.16. The second-order valence-electron chi connectivity index (χ2n) is 5.56. The number of hydrogen-bond donors (Lipinski definition) is 0. The fourth-order valence-electron chi connectivity index (χ4n) is 1.74. The highest BCUT2D eigenvalue weighted by molar-refractivity contribution is 6.30. The number of carbonyl (C=O) groups is 1. The number of ether oxygens (including phenoxy) is 1. The van der Waals surface area contributed by atoms with Gasteiger partial charge in [-0.05, 0) is 38.5 Å². The topological polar surface area (TPSA) is 26.3 Å². The molecule has 1 aromatic rings. The summed E-state index contributed by atoms with van der Waals surface area (Å²) in [6, 6.07) is 5.25. The molecular weight excluding hydrogens is 305 g/mol. The van der Waals surface area contributed by atoms with E-state index in [1.807, 2.05) is 0 Å². The van der Waals surface area contributed by atoms with E-state index in [1.165, 1.54) is 18.2 Å². The summed E-state index contributed by atoms with van der Waals surface area (Å²) in [5.74, 6) is -3.23. The summed E-state index contributed by atoms with van der Waals surface area (Å²) in [5.41, 5.74) is -1.71. The van der Waals surface area contributed by atoms with Crippen molar-refractivity contribution in [3.8, 4) is 0 Å². The molecule has 6 heteroatoms. The molecular formula is C15H16ClF3O2. The van der Waals surface area contributed by atoms with Crippen molar-refractivity contribution in [1.82, 2.24) is 0 Å². The summed E-state index contributed by atoms with van der Waals surface area (Å²) in [6.07, 6.45) is -4.67. The molecule has 0 aliphatic heterocycles. The third-order valence-corrected chi connectivity index (χ3v) is 2.75. The molecule has 21 heavy (non-hydrogen) atoms. The summed E-state index contributed by atoms with van der Waals surface area (Å²) in [5, 5.41) is 0.152. The fraction of sp³-hybridized carbons (Fsp3) is 0.400. The van der Waals surface area contributed by atoms with Crippen LogP contribution in [0.2, 0.25) is 5.02 Å². The maximum atomic E-state index is 13.3. The van der Waals surface area contributed by atoms with Crippen LogP contribution in [0.15, 0.2) is 36.4 Å². The maximum absolute atomic E-state index is 13.3. The monoisotopic (exact) mass is 320 g/mol. The van der Waals surface area contributed by atoms with Gasteiger partial charge in [0.15, 0.2) is 0 Å². The highest BCUT2D eigenvalue weighted by Gasteiger charge is 2.45. The number of benzene rings is 1. The predicted molar refractivity (Wildman–Crippen MR) is 75.2 cm³/mol. The van der Waals surface area contributed by atoms with E-state index in [0.29, 0.717) is 0 Å². The second-order valence-corrected chi connectivity index (χ2v) is 5.99. The number of carbonyl (C=O) groups excluding carboxylic acids is 1. The lowest BCUT2D eigenvalue weighted by Crippen LogP contribution is -2.31. The first-order valence-corrected chi connectivity index (χ1v) is 6.54. The molecule has 2 nitrogen and oxygen atoms in total. The average molecular weight is 321 g/mol. The molecule has 0 N–H and O–H groups in total. The molecule has 1 unspecified atom stereocenters. The fourth-order valence-corrected chi connectivity index (χ4v) is 1.93. The van der Waals surface area contributed by atoms with E-state index in [0.717, 1.165) is 6.07 Å². The van der Waals surface area contributed by atoms with E-state index >= 15 is 0 Å². The standard InChI is InChI=1S/C15H16ClF3O2/c1-9(13(20)21-14(2,3)4)12(15(17,18)19)10-6-5-7-11(16)8-10/h5-8,12H,1H2,2-4H3. The Kier molecular flexibility index (Phi) is 5.10. The van der Waals surface area contributed by atoms with Crippen LogP contribution in [0.5, 0.6) is 0 Å². The van der Waals surface area contributed by atoms with Crippen LogP contribution in [-0.4, -0.2) is 17.7 Å². The number of halogens is 4. The lowest BCUT2D eigenvalue weighted by atomic mass is 9.91. The van der Waals surface area contributed by atoms with Crippen LogP contribution in [-0.2, 0) is 9.53 Å². The Labute approximate surface area is 126 Å². The van der Waals surface area contributed by atoms with Crippen molar-refractivity contribution in [2.24, 2.45) is 0 Å². The minimum Gasteiger partial charge on any atom is -0.457 e.